The smallest absolute Gasteiger partial charge is 0.210 e. The van der Waals surface area contributed by atoms with Crippen LogP contribution in [0.15, 0.2) is 230 Å². The van der Waals surface area contributed by atoms with E-state index in [2.05, 4.69) is 71.8 Å². The molecule has 0 bridgehead atoms. The number of benzene rings is 8. The van der Waals surface area contributed by atoms with Crippen LogP contribution in [0.5, 0.6) is 0 Å². The molecular weight excluding hydrogens is 791 g/mol. The fourth-order valence-corrected chi connectivity index (χ4v) is 12.7. The molecule has 0 aromatic heterocycles. The lowest BCUT2D eigenvalue weighted by molar-refractivity contribution is 0.593. The van der Waals surface area contributed by atoms with Crippen LogP contribution >= 0.6 is 0 Å². The van der Waals surface area contributed by atoms with Crippen LogP contribution in [0.2, 0.25) is 0 Å². The van der Waals surface area contributed by atoms with Crippen LogP contribution in [0.3, 0.4) is 0 Å². The van der Waals surface area contributed by atoms with Crippen molar-refractivity contribution in [2.24, 2.45) is 0 Å². The van der Waals surface area contributed by atoms with Gasteiger partial charge in [0.2, 0.25) is 19.7 Å². The first-order valence-corrected chi connectivity index (χ1v) is 23.6. The number of hydrogen-bond donors (Lipinski definition) is 0. The third-order valence-corrected chi connectivity index (χ3v) is 16.4. The second-order valence-electron chi connectivity index (χ2n) is 14.2. The van der Waals surface area contributed by atoms with Gasteiger partial charge in [0.15, 0.2) is 9.79 Å². The first-order chi connectivity index (χ1) is 28.7. The quantitative estimate of drug-likeness (QED) is 0.148. The highest BCUT2D eigenvalue weighted by Crippen LogP contribution is 2.52. The Hall–Kier alpha value is -6.59. The van der Waals surface area contributed by atoms with Crippen molar-refractivity contribution in [2.45, 2.75) is 29.4 Å². The van der Waals surface area contributed by atoms with Gasteiger partial charge in [0.25, 0.3) is 0 Å². The Kier molecular flexibility index (Phi) is 8.93. The minimum atomic E-state index is -3.81. The molecule has 0 fully saturated rings. The second kappa shape index (κ2) is 14.4. The van der Waals surface area contributed by atoms with Crippen LogP contribution in [-0.2, 0) is 30.6 Å². The lowest BCUT2D eigenvalue weighted by Gasteiger charge is -2.35. The van der Waals surface area contributed by atoms with Crippen molar-refractivity contribution in [3.8, 4) is 0 Å². The predicted molar refractivity (Wildman–Crippen MR) is 238 cm³/mol. The normalized spacial score (nSPS) is 14.9. The minimum Gasteiger partial charge on any atom is -0.311 e. The number of rotatable bonds is 7. The van der Waals surface area contributed by atoms with Gasteiger partial charge in [0.1, 0.15) is 6.26 Å². The van der Waals surface area contributed by atoms with Gasteiger partial charge in [-0.3, -0.25) is 0 Å². The summed E-state index contributed by atoms with van der Waals surface area (Å²) in [6, 6.07) is 63.8. The average Bonchev–Trinajstić information content (AvgIpc) is 3.27. The SMILES string of the molecule is C[S+](c1ccc(N(c2ccccc2)c2ccccc2)cc1)c1cc(N2c3ccccc3S(=O)(=O)c3ccccc32)cc(N2c3ccccc3S(=O)(=O)c3ccccc32)c1. The number of anilines is 9. The van der Waals surface area contributed by atoms with Gasteiger partial charge in [0.05, 0.1) is 64.6 Å². The van der Waals surface area contributed by atoms with Crippen LogP contribution in [0.1, 0.15) is 0 Å². The molecule has 0 aliphatic carbocycles. The predicted octanol–water partition coefficient (Wildman–Crippen LogP) is 12.1. The van der Waals surface area contributed by atoms with Crippen molar-refractivity contribution < 1.29 is 16.8 Å². The Morgan fingerprint density at radius 2 is 0.695 bits per heavy atom. The van der Waals surface area contributed by atoms with Gasteiger partial charge in [0, 0.05) is 29.2 Å². The highest BCUT2D eigenvalue weighted by Gasteiger charge is 2.38. The van der Waals surface area contributed by atoms with Crippen molar-refractivity contribution in [1.82, 2.24) is 0 Å². The summed E-state index contributed by atoms with van der Waals surface area (Å²) in [6.45, 7) is 0. The molecule has 0 spiro atoms. The third kappa shape index (κ3) is 6.10. The van der Waals surface area contributed by atoms with Crippen molar-refractivity contribution >= 4 is 81.8 Å². The van der Waals surface area contributed by atoms with E-state index in [1.807, 2.05) is 101 Å². The standard InChI is InChI=1S/C49H36N3O4S3/c1-57(40-30-28-37(29-31-40)50(35-16-4-2-5-17-35)36-18-6-3-7-19-36)41-33-38(51-42-20-8-12-24-46(42)58(53,54)47-25-13-9-21-43(47)51)32-39(34-41)52-44-22-10-14-26-48(44)59(55,56)49-27-15-11-23-45(49)52/h2-34H,1H3/q+1. The van der Waals surface area contributed by atoms with Crippen molar-refractivity contribution in [1.29, 1.82) is 0 Å². The summed E-state index contributed by atoms with van der Waals surface area (Å²) in [7, 11) is -8.12. The molecule has 8 aromatic carbocycles. The van der Waals surface area contributed by atoms with E-state index < -0.39 is 30.6 Å². The molecule has 0 saturated carbocycles. The molecule has 0 amide bonds. The zero-order chi connectivity index (χ0) is 40.3. The van der Waals surface area contributed by atoms with E-state index in [1.54, 1.807) is 48.5 Å². The summed E-state index contributed by atoms with van der Waals surface area (Å²) < 4.78 is 56.2. The topological polar surface area (TPSA) is 78.0 Å². The molecule has 0 radical (unpaired) electrons. The monoisotopic (exact) mass is 826 g/mol. The molecule has 7 nitrogen and oxygen atoms in total. The Labute approximate surface area is 347 Å². The number of hydrogen-bond acceptors (Lipinski definition) is 7. The largest absolute Gasteiger partial charge is 0.311 e. The average molecular weight is 827 g/mol. The summed E-state index contributed by atoms with van der Waals surface area (Å²) >= 11 is 0. The number of para-hydroxylation sites is 6. The minimum absolute atomic E-state index is 0.220. The maximum absolute atomic E-state index is 14.0. The fourth-order valence-electron chi connectivity index (χ4n) is 8.07. The van der Waals surface area contributed by atoms with Gasteiger partial charge < -0.3 is 14.7 Å². The van der Waals surface area contributed by atoms with Crippen LogP contribution < -0.4 is 14.7 Å². The second-order valence-corrected chi connectivity index (χ2v) is 20.0. The van der Waals surface area contributed by atoms with Crippen LogP contribution in [0, 0.1) is 0 Å². The summed E-state index contributed by atoms with van der Waals surface area (Å²) in [5.41, 5.74) is 6.76. The number of fused-ring (bicyclic) bond motifs is 4. The van der Waals surface area contributed by atoms with Gasteiger partial charge in [-0.2, -0.15) is 0 Å². The summed E-state index contributed by atoms with van der Waals surface area (Å²) in [4.78, 5) is 9.22. The fraction of sp³-hybridized carbons (Fsp3) is 0.0204. The van der Waals surface area contributed by atoms with E-state index >= 15 is 0 Å². The number of nitrogens with zero attached hydrogens (tertiary/aromatic N) is 3. The highest BCUT2D eigenvalue weighted by molar-refractivity contribution is 7.96. The highest BCUT2D eigenvalue weighted by atomic mass is 32.2. The van der Waals surface area contributed by atoms with E-state index in [4.69, 9.17) is 0 Å². The van der Waals surface area contributed by atoms with Crippen molar-refractivity contribution in [3.05, 3.63) is 200 Å². The molecule has 2 heterocycles. The van der Waals surface area contributed by atoms with E-state index in [0.717, 1.165) is 38.2 Å². The van der Waals surface area contributed by atoms with Gasteiger partial charge in [-0.15, -0.1) is 0 Å². The van der Waals surface area contributed by atoms with Crippen LogP contribution in [0.25, 0.3) is 0 Å². The molecule has 1 atom stereocenters. The summed E-state index contributed by atoms with van der Waals surface area (Å²) in [6.07, 6.45) is 2.19. The van der Waals surface area contributed by atoms with E-state index in [-0.39, 0.29) is 19.6 Å². The molecule has 8 aromatic rings. The van der Waals surface area contributed by atoms with E-state index in [0.29, 0.717) is 22.7 Å². The number of sulfone groups is 2. The molecule has 59 heavy (non-hydrogen) atoms. The van der Waals surface area contributed by atoms with Gasteiger partial charge in [-0.05, 0) is 103 Å². The summed E-state index contributed by atoms with van der Waals surface area (Å²) in [5.74, 6) is 0. The molecule has 0 saturated heterocycles. The van der Waals surface area contributed by atoms with E-state index in [1.165, 1.54) is 0 Å². The molecule has 0 N–H and O–H groups in total. The zero-order valence-corrected chi connectivity index (χ0v) is 34.2. The lowest BCUT2D eigenvalue weighted by Crippen LogP contribution is -2.24. The first-order valence-electron chi connectivity index (χ1n) is 19.0. The molecule has 1 unspecified atom stereocenters. The Balaban J connectivity index is 1.16. The Morgan fingerprint density at radius 3 is 1.07 bits per heavy atom. The molecule has 2 aliphatic heterocycles. The van der Waals surface area contributed by atoms with Crippen molar-refractivity contribution in [3.63, 3.8) is 0 Å². The van der Waals surface area contributed by atoms with Crippen LogP contribution in [0.4, 0.5) is 51.2 Å². The Morgan fingerprint density at radius 1 is 0.373 bits per heavy atom. The van der Waals surface area contributed by atoms with Gasteiger partial charge >= 0.3 is 0 Å². The van der Waals surface area contributed by atoms with Crippen molar-refractivity contribution in [2.75, 3.05) is 21.0 Å². The summed E-state index contributed by atoms with van der Waals surface area (Å²) in [5, 5.41) is 0. The maximum Gasteiger partial charge on any atom is 0.210 e. The lowest BCUT2D eigenvalue weighted by atomic mass is 10.1. The molecule has 10 heteroatoms. The van der Waals surface area contributed by atoms with Gasteiger partial charge in [-0.1, -0.05) is 84.9 Å². The van der Waals surface area contributed by atoms with Crippen LogP contribution in [-0.4, -0.2) is 23.1 Å². The zero-order valence-electron chi connectivity index (χ0n) is 31.8. The molecule has 10 rings (SSSR count). The van der Waals surface area contributed by atoms with Gasteiger partial charge in [-0.25, -0.2) is 16.8 Å². The Bertz CT molecular complexity index is 2830. The molecule has 2 aliphatic rings. The maximum atomic E-state index is 14.0. The first kappa shape index (κ1) is 36.7. The molecule has 288 valence electrons. The third-order valence-electron chi connectivity index (χ3n) is 10.8. The van der Waals surface area contributed by atoms with E-state index in [9.17, 15) is 16.8 Å². The molecular formula is C49H36N3O4S3+.